The summed E-state index contributed by atoms with van der Waals surface area (Å²) in [6.07, 6.45) is 0. The molecule has 0 radical (unpaired) electrons. The SMILES string of the molecule is CC(C)N(CC(=O)O)C(=O)Nc1ccc(Br)c([N+](=O)[O-])c1. The predicted molar refractivity (Wildman–Crippen MR) is 79.3 cm³/mol. The number of halogens is 1. The number of urea groups is 1. The van der Waals surface area contributed by atoms with Crippen LogP contribution in [0.25, 0.3) is 0 Å². The molecule has 1 rings (SSSR count). The number of carboxylic acid groups (broad SMARTS) is 1. The highest BCUT2D eigenvalue weighted by Crippen LogP contribution is 2.27. The first-order valence-corrected chi connectivity index (χ1v) is 6.75. The van der Waals surface area contributed by atoms with Crippen LogP contribution in [0.2, 0.25) is 0 Å². The zero-order chi connectivity index (χ0) is 16.2. The van der Waals surface area contributed by atoms with Crippen LogP contribution in [-0.2, 0) is 4.79 Å². The summed E-state index contributed by atoms with van der Waals surface area (Å²) in [7, 11) is 0. The van der Waals surface area contributed by atoms with Crippen molar-refractivity contribution >= 4 is 39.3 Å². The Hall–Kier alpha value is -2.16. The second kappa shape index (κ2) is 7.02. The Balaban J connectivity index is 2.93. The number of hydrogen-bond donors (Lipinski definition) is 2. The van der Waals surface area contributed by atoms with Crippen LogP contribution in [0, 0.1) is 10.1 Å². The van der Waals surface area contributed by atoms with Gasteiger partial charge in [0.25, 0.3) is 5.69 Å². The van der Waals surface area contributed by atoms with E-state index in [1.807, 2.05) is 0 Å². The molecule has 0 spiro atoms. The van der Waals surface area contributed by atoms with E-state index < -0.39 is 23.5 Å². The Kier molecular flexibility index (Phi) is 5.65. The lowest BCUT2D eigenvalue weighted by Gasteiger charge is -2.25. The predicted octanol–water partition coefficient (Wildman–Crippen LogP) is 2.68. The van der Waals surface area contributed by atoms with Crippen molar-refractivity contribution < 1.29 is 19.6 Å². The van der Waals surface area contributed by atoms with E-state index in [2.05, 4.69) is 21.2 Å². The molecule has 0 aliphatic carbocycles. The van der Waals surface area contributed by atoms with Crippen molar-refractivity contribution in [3.05, 3.63) is 32.8 Å². The number of anilines is 1. The maximum atomic E-state index is 12.0. The molecule has 1 aromatic carbocycles. The van der Waals surface area contributed by atoms with Gasteiger partial charge in [0.1, 0.15) is 6.54 Å². The zero-order valence-corrected chi connectivity index (χ0v) is 13.0. The first-order valence-electron chi connectivity index (χ1n) is 5.95. The molecule has 8 nitrogen and oxygen atoms in total. The quantitative estimate of drug-likeness (QED) is 0.619. The van der Waals surface area contributed by atoms with Gasteiger partial charge in [-0.3, -0.25) is 14.9 Å². The monoisotopic (exact) mass is 359 g/mol. The molecular weight excluding hydrogens is 346 g/mol. The minimum absolute atomic E-state index is 0.192. The molecule has 0 fully saturated rings. The number of benzene rings is 1. The van der Waals surface area contributed by atoms with Crippen molar-refractivity contribution in [2.75, 3.05) is 11.9 Å². The van der Waals surface area contributed by atoms with Gasteiger partial charge in [-0.2, -0.15) is 0 Å². The normalized spacial score (nSPS) is 10.3. The molecule has 0 aromatic heterocycles. The van der Waals surface area contributed by atoms with Gasteiger partial charge in [-0.25, -0.2) is 4.79 Å². The topological polar surface area (TPSA) is 113 Å². The van der Waals surface area contributed by atoms with Gasteiger partial charge in [-0.1, -0.05) is 0 Å². The Morgan fingerprint density at radius 1 is 1.48 bits per heavy atom. The molecule has 0 saturated heterocycles. The number of carboxylic acids is 1. The molecule has 21 heavy (non-hydrogen) atoms. The van der Waals surface area contributed by atoms with Crippen LogP contribution in [0.4, 0.5) is 16.2 Å². The molecule has 0 heterocycles. The summed E-state index contributed by atoms with van der Waals surface area (Å²) in [4.78, 5) is 34.1. The molecular formula is C12H14BrN3O5. The van der Waals surface area contributed by atoms with Crippen LogP contribution in [0.1, 0.15) is 13.8 Å². The van der Waals surface area contributed by atoms with Gasteiger partial charge in [0, 0.05) is 17.8 Å². The van der Waals surface area contributed by atoms with Gasteiger partial charge >= 0.3 is 12.0 Å². The van der Waals surface area contributed by atoms with E-state index in [4.69, 9.17) is 5.11 Å². The molecule has 0 atom stereocenters. The third kappa shape index (κ3) is 4.71. The Labute approximate surface area is 129 Å². The number of nitrogens with one attached hydrogen (secondary N) is 1. The maximum absolute atomic E-state index is 12.0. The maximum Gasteiger partial charge on any atom is 0.323 e. The fourth-order valence-electron chi connectivity index (χ4n) is 1.56. The average Bonchev–Trinajstić information content (AvgIpc) is 2.37. The van der Waals surface area contributed by atoms with Crippen LogP contribution in [0.5, 0.6) is 0 Å². The number of carbonyl (C=O) groups excluding carboxylic acids is 1. The Morgan fingerprint density at radius 2 is 2.10 bits per heavy atom. The van der Waals surface area contributed by atoms with Crippen molar-refractivity contribution in [1.29, 1.82) is 0 Å². The molecule has 0 unspecified atom stereocenters. The van der Waals surface area contributed by atoms with Crippen molar-refractivity contribution in [3.8, 4) is 0 Å². The number of nitro benzene ring substituents is 1. The van der Waals surface area contributed by atoms with Gasteiger partial charge in [0.05, 0.1) is 9.40 Å². The van der Waals surface area contributed by atoms with E-state index in [1.54, 1.807) is 13.8 Å². The van der Waals surface area contributed by atoms with Crippen LogP contribution < -0.4 is 5.32 Å². The van der Waals surface area contributed by atoms with Crippen molar-refractivity contribution in [2.24, 2.45) is 0 Å². The fourth-order valence-corrected chi connectivity index (χ4v) is 1.95. The van der Waals surface area contributed by atoms with E-state index in [-0.39, 0.29) is 21.9 Å². The molecule has 2 N–H and O–H groups in total. The highest BCUT2D eigenvalue weighted by molar-refractivity contribution is 9.10. The smallest absolute Gasteiger partial charge is 0.323 e. The highest BCUT2D eigenvalue weighted by atomic mass is 79.9. The van der Waals surface area contributed by atoms with E-state index in [0.29, 0.717) is 0 Å². The fraction of sp³-hybridized carbons (Fsp3) is 0.333. The molecule has 0 bridgehead atoms. The second-order valence-corrected chi connectivity index (χ2v) is 5.32. The van der Waals surface area contributed by atoms with Gasteiger partial charge < -0.3 is 15.3 Å². The van der Waals surface area contributed by atoms with Crippen molar-refractivity contribution in [1.82, 2.24) is 4.90 Å². The van der Waals surface area contributed by atoms with Crippen LogP contribution in [0.15, 0.2) is 22.7 Å². The first kappa shape index (κ1) is 16.9. The summed E-state index contributed by atoms with van der Waals surface area (Å²) < 4.78 is 0.289. The summed E-state index contributed by atoms with van der Waals surface area (Å²) in [5.41, 5.74) is 0.0214. The zero-order valence-electron chi connectivity index (χ0n) is 11.4. The van der Waals surface area contributed by atoms with Gasteiger partial charge in [-0.05, 0) is 41.9 Å². The molecule has 114 valence electrons. The third-order valence-electron chi connectivity index (χ3n) is 2.58. The van der Waals surface area contributed by atoms with E-state index in [0.717, 1.165) is 4.90 Å². The number of hydrogen-bond acceptors (Lipinski definition) is 4. The van der Waals surface area contributed by atoms with Gasteiger partial charge in [0.2, 0.25) is 0 Å². The second-order valence-electron chi connectivity index (χ2n) is 4.47. The van der Waals surface area contributed by atoms with E-state index in [9.17, 15) is 19.7 Å². The van der Waals surface area contributed by atoms with Crippen molar-refractivity contribution in [3.63, 3.8) is 0 Å². The van der Waals surface area contributed by atoms with Crippen LogP contribution in [-0.4, -0.2) is 39.5 Å². The van der Waals surface area contributed by atoms with E-state index >= 15 is 0 Å². The summed E-state index contributed by atoms with van der Waals surface area (Å²) in [6.45, 7) is 2.89. The minimum atomic E-state index is -1.14. The Bertz CT molecular complexity index is 576. The number of amides is 2. The molecule has 9 heteroatoms. The lowest BCUT2D eigenvalue weighted by atomic mass is 10.3. The Morgan fingerprint density at radius 3 is 2.57 bits per heavy atom. The third-order valence-corrected chi connectivity index (χ3v) is 3.25. The largest absolute Gasteiger partial charge is 0.480 e. The lowest BCUT2D eigenvalue weighted by Crippen LogP contribution is -2.43. The molecule has 0 saturated carbocycles. The lowest BCUT2D eigenvalue weighted by molar-refractivity contribution is -0.385. The first-order chi connectivity index (χ1) is 9.72. The molecule has 0 aliphatic rings. The molecule has 1 aromatic rings. The standard InChI is InChI=1S/C12H14BrN3O5/c1-7(2)15(6-11(17)18)12(19)14-8-3-4-9(13)10(5-8)16(20)21/h3-5,7H,6H2,1-2H3,(H,14,19)(H,17,18). The summed E-state index contributed by atoms with van der Waals surface area (Å²) in [5, 5.41) is 22.1. The number of nitrogens with zero attached hydrogens (tertiary/aromatic N) is 2. The number of aliphatic carboxylic acids is 1. The van der Waals surface area contributed by atoms with E-state index in [1.165, 1.54) is 18.2 Å². The average molecular weight is 360 g/mol. The number of rotatable bonds is 5. The number of carbonyl (C=O) groups is 2. The van der Waals surface area contributed by atoms with Crippen LogP contribution >= 0.6 is 15.9 Å². The van der Waals surface area contributed by atoms with Crippen molar-refractivity contribution in [2.45, 2.75) is 19.9 Å². The van der Waals surface area contributed by atoms with Crippen LogP contribution in [0.3, 0.4) is 0 Å². The highest BCUT2D eigenvalue weighted by Gasteiger charge is 2.21. The van der Waals surface area contributed by atoms with Gasteiger partial charge in [-0.15, -0.1) is 0 Å². The summed E-state index contributed by atoms with van der Waals surface area (Å²) in [5.74, 6) is -1.14. The van der Waals surface area contributed by atoms with Gasteiger partial charge in [0.15, 0.2) is 0 Å². The number of nitro groups is 1. The summed E-state index contributed by atoms with van der Waals surface area (Å²) in [6, 6.07) is 3.15. The molecule has 0 aliphatic heterocycles. The molecule has 2 amide bonds. The summed E-state index contributed by atoms with van der Waals surface area (Å²) >= 11 is 3.04. The minimum Gasteiger partial charge on any atom is -0.480 e.